The molecule has 0 aromatic carbocycles. The number of hydrogen-bond acceptors (Lipinski definition) is 1. The van der Waals surface area contributed by atoms with E-state index in [1.165, 1.54) is 0 Å². The molecule has 0 aromatic heterocycles. The van der Waals surface area contributed by atoms with E-state index in [1.807, 2.05) is 0 Å². The van der Waals surface area contributed by atoms with Gasteiger partial charge in [0.25, 0.3) is 0 Å². The van der Waals surface area contributed by atoms with Crippen LogP contribution < -0.4 is 0 Å². The zero-order valence-electron chi connectivity index (χ0n) is 3.43. The summed E-state index contributed by atoms with van der Waals surface area (Å²) < 4.78 is 8.36. The Morgan fingerprint density at radius 3 is 1.00 bits per heavy atom. The quantitative estimate of drug-likeness (QED) is 0.316. The summed E-state index contributed by atoms with van der Waals surface area (Å²) in [6, 6.07) is 0. The predicted molar refractivity (Wildman–Crippen MR) is 23.1 cm³/mol. The molecule has 0 atom stereocenters. The van der Waals surface area contributed by atoms with E-state index in [1.54, 1.807) is 0 Å². The van der Waals surface area contributed by atoms with Gasteiger partial charge in [-0.3, -0.25) is 0 Å². The van der Waals surface area contributed by atoms with Crippen LogP contribution in [0.25, 0.3) is 0 Å². The molecule has 7 heavy (non-hydrogen) atoms. The van der Waals surface area contributed by atoms with Gasteiger partial charge in [-0.25, -0.2) is 0 Å². The second-order valence-electron chi connectivity index (χ2n) is 0.105. The average molecular weight is 116 g/mol. The summed E-state index contributed by atoms with van der Waals surface area (Å²) in [7, 11) is -0.250. The Hall–Kier alpha value is -0.495. The summed E-state index contributed by atoms with van der Waals surface area (Å²) in [4.78, 5) is 0. The van der Waals surface area contributed by atoms with Crippen molar-refractivity contribution in [3.8, 4) is 0 Å². The van der Waals surface area contributed by atoms with Gasteiger partial charge in [0.1, 0.15) is 0 Å². The van der Waals surface area contributed by atoms with E-state index in [-0.39, 0.29) is 29.3 Å². The molecule has 0 fully saturated rings. The van der Waals surface area contributed by atoms with Gasteiger partial charge < -0.3 is 21.9 Å². The molecule has 48 valence electrons. The van der Waals surface area contributed by atoms with Crippen LogP contribution in [0.1, 0.15) is 0 Å². The molecule has 0 aliphatic rings. The third-order valence-corrected chi connectivity index (χ3v) is 0. The van der Waals surface area contributed by atoms with Gasteiger partial charge in [-0.2, -0.15) is 0 Å². The molecule has 0 aliphatic heterocycles. The Balaban J connectivity index is -0.00000000333. The van der Waals surface area contributed by atoms with Crippen molar-refractivity contribution < 1.29 is 31.6 Å². The van der Waals surface area contributed by atoms with Crippen LogP contribution in [0.5, 0.6) is 0 Å². The predicted octanol–water partition coefficient (Wildman–Crippen LogP) is -4.36. The molecule has 0 bridgehead atoms. The van der Waals surface area contributed by atoms with Crippen molar-refractivity contribution in [3.05, 3.63) is 0 Å². The molecule has 0 saturated heterocycles. The number of rotatable bonds is 0. The van der Waals surface area contributed by atoms with Crippen LogP contribution in [0, 0.1) is 0 Å². The summed E-state index contributed by atoms with van der Waals surface area (Å²) in [5.41, 5.74) is 0. The Morgan fingerprint density at radius 1 is 1.00 bits per heavy atom. The summed E-state index contributed by atoms with van der Waals surface area (Å²) in [6.45, 7) is 0. The normalized spacial score (nSPS) is 1.14. The molecule has 0 amide bonds. The monoisotopic (exact) mass is 116 g/mol. The van der Waals surface area contributed by atoms with Crippen LogP contribution in [0.4, 0.5) is 0 Å². The van der Waals surface area contributed by atoms with E-state index < -0.39 is 0 Å². The molecule has 6 nitrogen and oxygen atoms in total. The first-order valence-electron chi connectivity index (χ1n) is 0.494. The summed E-state index contributed by atoms with van der Waals surface area (Å²) in [5.74, 6) is 0. The van der Waals surface area contributed by atoms with Gasteiger partial charge in [0.05, 0.1) is 0 Å². The molecule has 7 heteroatoms. The minimum absolute atomic E-state index is 0. The minimum atomic E-state index is -0.250. The van der Waals surface area contributed by atoms with Gasteiger partial charge in [-0.15, -0.1) is 0 Å². The molecule has 0 radical (unpaired) electrons. The Bertz CT molecular complexity index is 11.7. The fourth-order valence-electron chi connectivity index (χ4n) is 0. The van der Waals surface area contributed by atoms with Crippen molar-refractivity contribution in [3.63, 3.8) is 0 Å². The molecule has 0 saturated carbocycles. The molecular formula is H9BO6. The molecule has 0 spiro atoms. The topological polar surface area (TPSA) is 163 Å². The number of hydrogen-bond donors (Lipinski definition) is 1. The van der Waals surface area contributed by atoms with Crippen molar-refractivity contribution in [2.45, 2.75) is 0 Å². The summed E-state index contributed by atoms with van der Waals surface area (Å²) >= 11 is 0. The Kier molecular flexibility index (Phi) is 5450. The molecular weight excluding hydrogens is 107 g/mol. The van der Waals surface area contributed by atoms with Crippen LogP contribution in [-0.2, 0) is 4.70 Å². The second kappa shape index (κ2) is 438. The molecule has 0 heterocycles. The molecule has 9 N–H and O–H groups in total. The zero-order chi connectivity index (χ0) is 2.71. The standard InChI is InChI=1S/BHO2.4H2O/c2-1-3;;;;/h2H;4*1H2. The van der Waals surface area contributed by atoms with Crippen molar-refractivity contribution >= 4 is 7.35 Å². The van der Waals surface area contributed by atoms with Gasteiger partial charge in [0.15, 0.2) is 0 Å². The molecule has 0 aromatic rings. The average Bonchev–Trinajstić information content (AvgIpc) is 0.918. The zero-order valence-corrected chi connectivity index (χ0v) is 3.43. The van der Waals surface area contributed by atoms with Crippen molar-refractivity contribution in [1.29, 1.82) is 0 Å². The van der Waals surface area contributed by atoms with E-state index in [9.17, 15) is 0 Å². The van der Waals surface area contributed by atoms with Crippen molar-refractivity contribution in [2.24, 2.45) is 0 Å². The van der Waals surface area contributed by atoms with Gasteiger partial charge in [-0.1, -0.05) is 0 Å². The Labute approximate surface area is 40.3 Å². The van der Waals surface area contributed by atoms with Crippen LogP contribution in [0.15, 0.2) is 0 Å². The SMILES string of the molecule is O.O.O.O.O=BO. The molecule has 0 rings (SSSR count). The van der Waals surface area contributed by atoms with E-state index in [0.29, 0.717) is 0 Å². The van der Waals surface area contributed by atoms with Crippen molar-refractivity contribution in [2.75, 3.05) is 0 Å². The first kappa shape index (κ1) is 87.0. The van der Waals surface area contributed by atoms with Gasteiger partial charge in [-0.05, 0) is 0 Å². The van der Waals surface area contributed by atoms with Crippen LogP contribution in [0.3, 0.4) is 0 Å². The fourth-order valence-corrected chi connectivity index (χ4v) is 0. The van der Waals surface area contributed by atoms with Crippen molar-refractivity contribution in [1.82, 2.24) is 0 Å². The van der Waals surface area contributed by atoms with Gasteiger partial charge in [0, 0.05) is 0 Å². The third kappa shape index (κ3) is 276. The maximum absolute atomic E-state index is 8.36. The fraction of sp³-hybridized carbons (Fsp3) is 0. The Morgan fingerprint density at radius 2 is 1.00 bits per heavy atom. The first-order chi connectivity index (χ1) is 1.41. The van der Waals surface area contributed by atoms with E-state index in [2.05, 4.69) is 0 Å². The van der Waals surface area contributed by atoms with E-state index in [4.69, 9.17) is 9.73 Å². The second-order valence-corrected chi connectivity index (χ2v) is 0.105. The van der Waals surface area contributed by atoms with Gasteiger partial charge in [0.2, 0.25) is 0 Å². The van der Waals surface area contributed by atoms with E-state index >= 15 is 0 Å². The molecule has 0 unspecified atom stereocenters. The summed E-state index contributed by atoms with van der Waals surface area (Å²) in [5, 5.41) is 6.89. The van der Waals surface area contributed by atoms with Crippen LogP contribution in [-0.4, -0.2) is 34.3 Å². The first-order valence-corrected chi connectivity index (χ1v) is 0.494. The summed E-state index contributed by atoms with van der Waals surface area (Å²) in [6.07, 6.45) is 0. The van der Waals surface area contributed by atoms with Gasteiger partial charge >= 0.3 is 17.1 Å². The van der Waals surface area contributed by atoms with E-state index in [0.717, 1.165) is 0 Å². The molecule has 0 aliphatic carbocycles. The third-order valence-electron chi connectivity index (χ3n) is 0. The van der Waals surface area contributed by atoms with Crippen LogP contribution >= 0.6 is 0 Å². The maximum atomic E-state index is 8.36. The van der Waals surface area contributed by atoms with Crippen LogP contribution in [0.2, 0.25) is 0 Å².